The molecule has 3 aromatic rings. The Bertz CT molecular complexity index is 1270. The van der Waals surface area contributed by atoms with Gasteiger partial charge in [0.1, 0.15) is 12.1 Å². The number of amides is 3. The van der Waals surface area contributed by atoms with Crippen molar-refractivity contribution in [1.29, 1.82) is 0 Å². The first-order valence-electron chi connectivity index (χ1n) is 12.2. The molecule has 1 fully saturated rings. The van der Waals surface area contributed by atoms with E-state index in [9.17, 15) is 19.2 Å². The van der Waals surface area contributed by atoms with Gasteiger partial charge in [-0.05, 0) is 29.2 Å². The minimum Gasteiger partial charge on any atom is -0.345 e. The molecule has 3 aromatic carbocycles. The summed E-state index contributed by atoms with van der Waals surface area (Å²) in [5.41, 5.74) is 2.29. The highest BCUT2D eigenvalue weighted by molar-refractivity contribution is 6.38. The number of Topliss-reactive ketones (excluding diaryl/α,β-unsaturated/α-hetero) is 1. The Balaban J connectivity index is 1.63. The molecule has 1 heterocycles. The first-order valence-corrected chi connectivity index (χ1v) is 12.5. The highest BCUT2D eigenvalue weighted by atomic mass is 35.5. The second-order valence-corrected chi connectivity index (χ2v) is 9.36. The van der Waals surface area contributed by atoms with E-state index in [4.69, 9.17) is 11.6 Å². The summed E-state index contributed by atoms with van der Waals surface area (Å²) in [6.07, 6.45) is 0.734. The number of nitrogens with one attached hydrogen (secondary N) is 2. The topological polar surface area (TPSA) is 95.6 Å². The van der Waals surface area contributed by atoms with Crippen molar-refractivity contribution in [3.8, 4) is 0 Å². The Kier molecular flexibility index (Phi) is 8.69. The minimum absolute atomic E-state index is 0.0770. The third-order valence-corrected chi connectivity index (χ3v) is 6.71. The predicted molar refractivity (Wildman–Crippen MR) is 140 cm³/mol. The van der Waals surface area contributed by atoms with Crippen molar-refractivity contribution in [2.75, 3.05) is 0 Å². The number of hydrogen-bond donors (Lipinski definition) is 2. The molecule has 0 radical (unpaired) electrons. The average Bonchev–Trinajstić information content (AvgIpc) is 3.36. The van der Waals surface area contributed by atoms with Crippen molar-refractivity contribution in [2.24, 2.45) is 0 Å². The lowest BCUT2D eigenvalue weighted by Gasteiger charge is -2.33. The lowest BCUT2D eigenvalue weighted by Crippen LogP contribution is -2.54. The third-order valence-electron chi connectivity index (χ3n) is 6.34. The number of nitrogens with zero attached hydrogens (tertiary/aromatic N) is 1. The summed E-state index contributed by atoms with van der Waals surface area (Å²) in [7, 11) is 0. The summed E-state index contributed by atoms with van der Waals surface area (Å²) in [6.45, 7) is 0.195. The monoisotopic (exact) mass is 517 g/mol. The van der Waals surface area contributed by atoms with Crippen molar-refractivity contribution < 1.29 is 19.2 Å². The number of rotatable bonds is 10. The predicted octanol–water partition coefficient (Wildman–Crippen LogP) is 3.44. The number of carbonyl (C=O) groups excluding carboxylic acids is 4. The smallest absolute Gasteiger partial charge is 0.289 e. The molecule has 0 spiro atoms. The normalized spacial score (nSPS) is 15.5. The van der Waals surface area contributed by atoms with E-state index in [0.717, 1.165) is 11.1 Å². The maximum atomic E-state index is 13.7. The van der Waals surface area contributed by atoms with E-state index in [1.54, 1.807) is 24.3 Å². The van der Waals surface area contributed by atoms with Crippen molar-refractivity contribution >= 4 is 35.1 Å². The van der Waals surface area contributed by atoms with Crippen molar-refractivity contribution in [2.45, 2.75) is 44.4 Å². The zero-order valence-electron chi connectivity index (χ0n) is 20.2. The van der Waals surface area contributed by atoms with Crippen molar-refractivity contribution in [1.82, 2.24) is 15.5 Å². The molecular formula is C29H28ClN3O4. The molecule has 0 bridgehead atoms. The first-order chi connectivity index (χ1) is 17.9. The molecule has 2 N–H and O–H groups in total. The van der Waals surface area contributed by atoms with Crippen LogP contribution >= 0.6 is 11.6 Å². The minimum atomic E-state index is -1.07. The van der Waals surface area contributed by atoms with Gasteiger partial charge in [-0.25, -0.2) is 0 Å². The van der Waals surface area contributed by atoms with Crippen molar-refractivity contribution in [3.63, 3.8) is 0 Å². The molecule has 2 atom stereocenters. The Labute approximate surface area is 220 Å². The lowest BCUT2D eigenvalue weighted by molar-refractivity contribution is -0.147. The van der Waals surface area contributed by atoms with E-state index in [1.807, 2.05) is 60.7 Å². The van der Waals surface area contributed by atoms with Gasteiger partial charge in [0, 0.05) is 31.0 Å². The maximum absolute atomic E-state index is 13.7. The van der Waals surface area contributed by atoms with E-state index in [2.05, 4.69) is 10.6 Å². The van der Waals surface area contributed by atoms with Crippen LogP contribution in [0, 0.1) is 0 Å². The van der Waals surface area contributed by atoms with Gasteiger partial charge in [-0.3, -0.25) is 19.2 Å². The van der Waals surface area contributed by atoms with Gasteiger partial charge in [0.05, 0.1) is 0 Å². The molecule has 1 aliphatic heterocycles. The molecule has 3 amide bonds. The van der Waals surface area contributed by atoms with Crippen LogP contribution in [0.2, 0.25) is 5.02 Å². The van der Waals surface area contributed by atoms with Gasteiger partial charge < -0.3 is 15.5 Å². The maximum Gasteiger partial charge on any atom is 0.289 e. The van der Waals surface area contributed by atoms with Gasteiger partial charge in [0.15, 0.2) is 0 Å². The summed E-state index contributed by atoms with van der Waals surface area (Å²) >= 11 is 6.20. The van der Waals surface area contributed by atoms with Crippen molar-refractivity contribution in [3.05, 3.63) is 107 Å². The number of carbonyl (C=O) groups is 4. The van der Waals surface area contributed by atoms with Gasteiger partial charge in [0.2, 0.25) is 17.6 Å². The summed E-state index contributed by atoms with van der Waals surface area (Å²) in [6, 6.07) is 23.8. The molecule has 190 valence electrons. The average molecular weight is 518 g/mol. The van der Waals surface area contributed by atoms with Crippen LogP contribution in [0.15, 0.2) is 84.9 Å². The highest BCUT2D eigenvalue weighted by Gasteiger charge is 2.38. The van der Waals surface area contributed by atoms with Gasteiger partial charge in [-0.15, -0.1) is 0 Å². The second kappa shape index (κ2) is 12.3. The molecule has 2 unspecified atom stereocenters. The van der Waals surface area contributed by atoms with Crippen LogP contribution in [0.5, 0.6) is 0 Å². The molecule has 1 aliphatic rings. The molecule has 4 rings (SSSR count). The molecule has 0 aliphatic carbocycles. The third kappa shape index (κ3) is 6.83. The standard InChI is InChI=1S/C29H28ClN3O4/c30-23-14-8-7-13-22(23)18-31-28(36)27(35)25(17-20-9-3-1-4-10-20)33(19-21-11-5-2-6-12-21)29(37)24-15-16-26(34)32-24/h1-14,24-25H,15-19H2,(H,31,36)(H,32,34). The fourth-order valence-electron chi connectivity index (χ4n) is 4.36. The van der Waals surface area contributed by atoms with Crippen LogP contribution in [-0.4, -0.2) is 40.5 Å². The first kappa shape index (κ1) is 26.1. The second-order valence-electron chi connectivity index (χ2n) is 8.95. The molecule has 0 saturated carbocycles. The summed E-state index contributed by atoms with van der Waals surface area (Å²) in [4.78, 5) is 53.7. The van der Waals surface area contributed by atoms with Crippen LogP contribution in [-0.2, 0) is 38.7 Å². The molecule has 37 heavy (non-hydrogen) atoms. The quantitative estimate of drug-likeness (QED) is 0.403. The highest BCUT2D eigenvalue weighted by Crippen LogP contribution is 2.20. The largest absolute Gasteiger partial charge is 0.345 e. The van der Waals surface area contributed by atoms with Gasteiger partial charge in [-0.2, -0.15) is 0 Å². The van der Waals surface area contributed by atoms with E-state index in [-0.39, 0.29) is 37.7 Å². The van der Waals surface area contributed by atoms with Crippen LogP contribution in [0.25, 0.3) is 0 Å². The molecule has 8 heteroatoms. The zero-order valence-corrected chi connectivity index (χ0v) is 21.0. The number of hydrogen-bond acceptors (Lipinski definition) is 4. The SMILES string of the molecule is O=C1CCC(C(=O)N(Cc2ccccc2)C(Cc2ccccc2)C(=O)C(=O)NCc2ccccc2Cl)N1. The Morgan fingerprint density at radius 1 is 0.919 bits per heavy atom. The Morgan fingerprint density at radius 3 is 2.16 bits per heavy atom. The van der Waals surface area contributed by atoms with Gasteiger partial charge in [0.25, 0.3) is 5.91 Å². The van der Waals surface area contributed by atoms with E-state index < -0.39 is 23.8 Å². The fourth-order valence-corrected chi connectivity index (χ4v) is 4.56. The summed E-state index contributed by atoms with van der Waals surface area (Å²) in [5.74, 6) is -2.13. The molecule has 0 aromatic heterocycles. The van der Waals surface area contributed by atoms with E-state index >= 15 is 0 Å². The van der Waals surface area contributed by atoms with Crippen LogP contribution in [0.4, 0.5) is 0 Å². The summed E-state index contributed by atoms with van der Waals surface area (Å²) in [5, 5.41) is 5.84. The fraction of sp³-hybridized carbons (Fsp3) is 0.241. The van der Waals surface area contributed by atoms with Crippen LogP contribution in [0.3, 0.4) is 0 Å². The molecular weight excluding hydrogens is 490 g/mol. The van der Waals surface area contributed by atoms with Crippen LogP contribution in [0.1, 0.15) is 29.5 Å². The number of benzene rings is 3. The lowest BCUT2D eigenvalue weighted by atomic mass is 9.98. The number of ketones is 1. The molecule has 1 saturated heterocycles. The van der Waals surface area contributed by atoms with Gasteiger partial charge >= 0.3 is 0 Å². The van der Waals surface area contributed by atoms with Gasteiger partial charge in [-0.1, -0.05) is 90.5 Å². The molecule has 7 nitrogen and oxygen atoms in total. The van der Waals surface area contributed by atoms with Crippen LogP contribution < -0.4 is 10.6 Å². The zero-order chi connectivity index (χ0) is 26.2. The van der Waals surface area contributed by atoms with E-state index in [1.165, 1.54) is 4.90 Å². The Morgan fingerprint density at radius 2 is 1.54 bits per heavy atom. The Hall–Kier alpha value is -3.97. The summed E-state index contributed by atoms with van der Waals surface area (Å²) < 4.78 is 0. The number of halogens is 1. The van der Waals surface area contributed by atoms with E-state index in [0.29, 0.717) is 17.0 Å².